The predicted octanol–water partition coefficient (Wildman–Crippen LogP) is 7.09. The molecule has 3 rings (SSSR count). The highest BCUT2D eigenvalue weighted by Gasteiger charge is 2.24. The van der Waals surface area contributed by atoms with E-state index in [0.717, 1.165) is 36.8 Å². The van der Waals surface area contributed by atoms with E-state index in [9.17, 15) is 0 Å². The fourth-order valence-corrected chi connectivity index (χ4v) is 3.78. The van der Waals surface area contributed by atoms with Gasteiger partial charge in [-0.15, -0.1) is 0 Å². The Bertz CT molecular complexity index is 849. The van der Waals surface area contributed by atoms with E-state index in [1.807, 2.05) is 0 Å². The maximum absolute atomic E-state index is 4.15. The molecule has 1 heterocycles. The largest absolute Gasteiger partial charge is 0.338 e. The molecule has 1 heteroatoms. The Kier molecular flexibility index (Phi) is 6.01. The van der Waals surface area contributed by atoms with E-state index in [-0.39, 0.29) is 0 Å². The lowest BCUT2D eigenvalue weighted by atomic mass is 9.99. The lowest BCUT2D eigenvalue weighted by Crippen LogP contribution is -2.30. The van der Waals surface area contributed by atoms with Crippen LogP contribution in [-0.2, 0) is 0 Å². The summed E-state index contributed by atoms with van der Waals surface area (Å²) in [6.45, 7) is 14.9. The average molecular weight is 358 g/mol. The first kappa shape index (κ1) is 19.2. The summed E-state index contributed by atoms with van der Waals surface area (Å²) in [4.78, 5) is 2.51. The van der Waals surface area contributed by atoms with Crippen molar-refractivity contribution in [1.82, 2.24) is 4.90 Å². The van der Waals surface area contributed by atoms with Crippen molar-refractivity contribution in [3.05, 3.63) is 107 Å². The van der Waals surface area contributed by atoms with Crippen molar-refractivity contribution in [3.63, 3.8) is 0 Å². The van der Waals surface area contributed by atoms with Gasteiger partial charge in [0.15, 0.2) is 0 Å². The molecule has 1 unspecified atom stereocenters. The molecule has 1 nitrogen and oxygen atoms in total. The zero-order valence-electron chi connectivity index (χ0n) is 17.0. The molecule has 0 aromatic rings. The summed E-state index contributed by atoms with van der Waals surface area (Å²) in [5.74, 6) is 0. The summed E-state index contributed by atoms with van der Waals surface area (Å²) in [5.41, 5.74) is 8.78. The van der Waals surface area contributed by atoms with Crippen molar-refractivity contribution >= 4 is 0 Å². The number of hydrogen-bond acceptors (Lipinski definition) is 1. The minimum absolute atomic E-state index is 0.406. The van der Waals surface area contributed by atoms with Gasteiger partial charge in [0.25, 0.3) is 0 Å². The van der Waals surface area contributed by atoms with Gasteiger partial charge in [-0.05, 0) is 79.5 Å². The second-order valence-electron chi connectivity index (χ2n) is 7.54. The van der Waals surface area contributed by atoms with E-state index in [2.05, 4.69) is 93.5 Å². The normalized spacial score (nSPS) is 24.2. The molecule has 0 amide bonds. The molecule has 0 saturated carbocycles. The molecule has 0 N–H and O–H groups in total. The van der Waals surface area contributed by atoms with E-state index in [0.29, 0.717) is 6.04 Å². The first-order valence-corrected chi connectivity index (χ1v) is 10.0. The Balaban J connectivity index is 1.96. The molecule has 0 radical (unpaired) electrons. The molecule has 0 aromatic heterocycles. The van der Waals surface area contributed by atoms with Gasteiger partial charge in [-0.1, -0.05) is 62.6 Å². The van der Waals surface area contributed by atoms with E-state index in [4.69, 9.17) is 0 Å². The average Bonchev–Trinajstić information content (AvgIpc) is 3.33. The molecule has 2 aliphatic carbocycles. The maximum atomic E-state index is 4.15. The minimum atomic E-state index is 0.406. The van der Waals surface area contributed by atoms with E-state index >= 15 is 0 Å². The van der Waals surface area contributed by atoms with Gasteiger partial charge >= 0.3 is 0 Å². The van der Waals surface area contributed by atoms with Crippen molar-refractivity contribution in [1.29, 1.82) is 0 Å². The highest BCUT2D eigenvalue weighted by atomic mass is 15.2. The Hall–Kier alpha value is -2.54. The molecule has 1 aliphatic heterocycles. The highest BCUT2D eigenvalue weighted by Crippen LogP contribution is 2.34. The lowest BCUT2D eigenvalue weighted by Gasteiger charge is -2.32. The van der Waals surface area contributed by atoms with Gasteiger partial charge in [0.1, 0.15) is 0 Å². The van der Waals surface area contributed by atoms with Crippen molar-refractivity contribution in [3.8, 4) is 0 Å². The van der Waals surface area contributed by atoms with E-state index < -0.39 is 0 Å². The van der Waals surface area contributed by atoms with Crippen LogP contribution in [0.3, 0.4) is 0 Å². The summed E-state index contributed by atoms with van der Waals surface area (Å²) in [7, 11) is 0. The second kappa shape index (κ2) is 8.43. The van der Waals surface area contributed by atoms with Crippen molar-refractivity contribution in [2.45, 2.75) is 52.5 Å². The van der Waals surface area contributed by atoms with Gasteiger partial charge in [0.2, 0.25) is 0 Å². The summed E-state index contributed by atoms with van der Waals surface area (Å²) < 4.78 is 0. The van der Waals surface area contributed by atoms with Crippen LogP contribution in [-0.4, -0.2) is 10.9 Å². The Morgan fingerprint density at radius 2 is 2.04 bits per heavy atom. The monoisotopic (exact) mass is 357 g/mol. The molecule has 0 saturated heterocycles. The van der Waals surface area contributed by atoms with Crippen molar-refractivity contribution < 1.29 is 0 Å². The van der Waals surface area contributed by atoms with Crippen molar-refractivity contribution in [2.75, 3.05) is 0 Å². The maximum Gasteiger partial charge on any atom is 0.0446 e. The number of allylic oxidation sites excluding steroid dienone is 13. The zero-order valence-corrected chi connectivity index (χ0v) is 17.0. The SMILES string of the molecule is C=C(C=C/C1=C/CC(C)N(C2=CCC=C2)C2=C(C=C1C)CC=C2)C(=C)CC. The molecule has 3 aliphatic rings. The first-order valence-electron chi connectivity index (χ1n) is 10.0. The van der Waals surface area contributed by atoms with Crippen LogP contribution in [0.2, 0.25) is 0 Å². The van der Waals surface area contributed by atoms with Crippen molar-refractivity contribution in [2.24, 2.45) is 0 Å². The van der Waals surface area contributed by atoms with Crippen LogP contribution in [0.5, 0.6) is 0 Å². The van der Waals surface area contributed by atoms with E-state index in [1.54, 1.807) is 0 Å². The zero-order chi connectivity index (χ0) is 19.4. The van der Waals surface area contributed by atoms with Gasteiger partial charge in [-0.25, -0.2) is 0 Å². The number of hydrogen-bond donors (Lipinski definition) is 0. The molecule has 0 bridgehead atoms. The van der Waals surface area contributed by atoms with E-state index in [1.165, 1.54) is 28.1 Å². The van der Waals surface area contributed by atoms with Gasteiger partial charge in [-0.3, -0.25) is 0 Å². The third-order valence-corrected chi connectivity index (χ3v) is 5.54. The molecule has 27 heavy (non-hydrogen) atoms. The Morgan fingerprint density at radius 3 is 2.74 bits per heavy atom. The molecular weight excluding hydrogens is 326 g/mol. The summed E-state index contributed by atoms with van der Waals surface area (Å²) in [6, 6.07) is 0.406. The third-order valence-electron chi connectivity index (χ3n) is 5.54. The summed E-state index contributed by atoms with van der Waals surface area (Å²) in [5, 5.41) is 0. The highest BCUT2D eigenvalue weighted by molar-refractivity contribution is 5.51. The van der Waals surface area contributed by atoms with Gasteiger partial charge in [0.05, 0.1) is 0 Å². The third kappa shape index (κ3) is 4.24. The predicted molar refractivity (Wildman–Crippen MR) is 118 cm³/mol. The lowest BCUT2D eigenvalue weighted by molar-refractivity contribution is 0.352. The van der Waals surface area contributed by atoms with Crippen LogP contribution in [0, 0.1) is 0 Å². The molecule has 0 aromatic carbocycles. The second-order valence-corrected chi connectivity index (χ2v) is 7.54. The first-order chi connectivity index (χ1) is 13.0. The van der Waals surface area contributed by atoms with Crippen LogP contribution in [0.25, 0.3) is 0 Å². The quantitative estimate of drug-likeness (QED) is 0.475. The topological polar surface area (TPSA) is 3.24 Å². The van der Waals surface area contributed by atoms with Gasteiger partial charge in [0, 0.05) is 17.4 Å². The van der Waals surface area contributed by atoms with Crippen LogP contribution < -0.4 is 0 Å². The fraction of sp³-hybridized carbons (Fsp3) is 0.308. The number of nitrogens with zero attached hydrogens (tertiary/aromatic N) is 1. The smallest absolute Gasteiger partial charge is 0.0446 e. The van der Waals surface area contributed by atoms with Gasteiger partial charge in [-0.2, -0.15) is 0 Å². The van der Waals surface area contributed by atoms with Crippen LogP contribution in [0.15, 0.2) is 107 Å². The van der Waals surface area contributed by atoms with Crippen LogP contribution in [0.1, 0.15) is 46.5 Å². The van der Waals surface area contributed by atoms with Crippen LogP contribution in [0.4, 0.5) is 0 Å². The standard InChI is InChI=1S/C26H31N/c1-6-19(2)20(3)14-16-23-17-15-22(5)27(25-11-7-8-12-25)26-13-9-10-24(26)18-21(23)4/h7,9,11-14,16-18,22H,2-3,6,8,10,15H2,1,4-5H3/b16-14?,21-18?,23-17-. The van der Waals surface area contributed by atoms with Gasteiger partial charge < -0.3 is 4.90 Å². The summed E-state index contributed by atoms with van der Waals surface area (Å²) >= 11 is 0. The molecule has 0 spiro atoms. The minimum Gasteiger partial charge on any atom is -0.338 e. The Morgan fingerprint density at radius 1 is 1.22 bits per heavy atom. The fourth-order valence-electron chi connectivity index (χ4n) is 3.78. The molecule has 0 fully saturated rings. The molecule has 140 valence electrons. The number of rotatable bonds is 5. The summed E-state index contributed by atoms with van der Waals surface area (Å²) in [6.07, 6.45) is 24.4. The molecule has 1 atom stereocenters. The molecular formula is C26H31N. The van der Waals surface area contributed by atoms with Crippen LogP contribution >= 0.6 is 0 Å². The Labute approximate surface area is 164 Å².